The molecule has 0 radical (unpaired) electrons. The lowest BCUT2D eigenvalue weighted by molar-refractivity contribution is -0.126. The van der Waals surface area contributed by atoms with E-state index in [0.717, 1.165) is 30.2 Å². The average molecular weight is 596 g/mol. The van der Waals surface area contributed by atoms with E-state index in [1.54, 1.807) is 6.20 Å². The van der Waals surface area contributed by atoms with Crippen LogP contribution < -0.4 is 22.1 Å². The first-order valence-corrected chi connectivity index (χ1v) is 15.2. The number of carbonyl (C=O) groups excluding carboxylic acids is 2. The van der Waals surface area contributed by atoms with Crippen LogP contribution in [0.1, 0.15) is 70.4 Å². The number of benzene rings is 1. The Hall–Kier alpha value is -3.43. The summed E-state index contributed by atoms with van der Waals surface area (Å²) in [4.78, 5) is 30.0. The van der Waals surface area contributed by atoms with Crippen molar-refractivity contribution in [3.05, 3.63) is 89.3 Å². The van der Waals surface area contributed by atoms with E-state index in [1.165, 1.54) is 5.56 Å². The lowest BCUT2D eigenvalue weighted by atomic mass is 9.80. The maximum Gasteiger partial charge on any atom is 0.224 e. The lowest BCUT2D eigenvalue weighted by Gasteiger charge is -2.29. The van der Waals surface area contributed by atoms with Gasteiger partial charge in [-0.15, -0.1) is 0 Å². The van der Waals surface area contributed by atoms with Crippen LogP contribution in [0.5, 0.6) is 0 Å². The van der Waals surface area contributed by atoms with Crippen molar-refractivity contribution in [1.29, 1.82) is 0 Å². The largest absolute Gasteiger partial charge is 0.355 e. The van der Waals surface area contributed by atoms with Crippen LogP contribution in [0.2, 0.25) is 0 Å². The predicted octanol–water partition coefficient (Wildman–Crippen LogP) is 4.93. The van der Waals surface area contributed by atoms with E-state index in [4.69, 9.17) is 11.5 Å². The summed E-state index contributed by atoms with van der Waals surface area (Å²) in [7, 11) is 0. The van der Waals surface area contributed by atoms with Crippen molar-refractivity contribution in [2.24, 2.45) is 28.7 Å². The molecular formula is C34H47F2N5O2. The second kappa shape index (κ2) is 15.9. The molecule has 2 aromatic rings. The lowest BCUT2D eigenvalue weighted by Crippen LogP contribution is -2.47. The van der Waals surface area contributed by atoms with Gasteiger partial charge in [-0.1, -0.05) is 64.0 Å². The molecule has 0 saturated heterocycles. The quantitative estimate of drug-likeness (QED) is 0.233. The Kier molecular flexibility index (Phi) is 12.6. The first kappa shape index (κ1) is 34.1. The molecule has 1 heterocycles. The Morgan fingerprint density at radius 2 is 1.84 bits per heavy atom. The highest BCUT2D eigenvalue weighted by molar-refractivity contribution is 5.79. The van der Waals surface area contributed by atoms with E-state index >= 15 is 0 Å². The Balaban J connectivity index is 1.47. The van der Waals surface area contributed by atoms with Gasteiger partial charge in [0, 0.05) is 49.9 Å². The Morgan fingerprint density at radius 1 is 1.09 bits per heavy atom. The molecule has 234 valence electrons. The fraction of sp³-hybridized carbons (Fsp3) is 0.500. The fourth-order valence-corrected chi connectivity index (χ4v) is 5.51. The zero-order valence-electron chi connectivity index (χ0n) is 25.8. The van der Waals surface area contributed by atoms with Crippen molar-refractivity contribution in [3.8, 4) is 0 Å². The molecule has 2 amide bonds. The molecule has 0 bridgehead atoms. The maximum atomic E-state index is 13.9. The zero-order chi connectivity index (χ0) is 31.6. The van der Waals surface area contributed by atoms with Crippen molar-refractivity contribution < 1.29 is 18.4 Å². The van der Waals surface area contributed by atoms with Crippen LogP contribution in [0.25, 0.3) is 0 Å². The van der Waals surface area contributed by atoms with Gasteiger partial charge in [0.25, 0.3) is 0 Å². The van der Waals surface area contributed by atoms with Crippen molar-refractivity contribution in [3.63, 3.8) is 0 Å². The van der Waals surface area contributed by atoms with Crippen molar-refractivity contribution >= 4 is 11.8 Å². The third-order valence-electron chi connectivity index (χ3n) is 8.00. The molecule has 1 aliphatic carbocycles. The second-order valence-electron chi connectivity index (χ2n) is 12.6. The maximum absolute atomic E-state index is 13.9. The number of carbonyl (C=O) groups is 2. The molecule has 5 atom stereocenters. The van der Waals surface area contributed by atoms with Gasteiger partial charge in [0.05, 0.1) is 5.92 Å². The fourth-order valence-electron chi connectivity index (χ4n) is 5.51. The average Bonchev–Trinajstić information content (AvgIpc) is 2.96. The van der Waals surface area contributed by atoms with Crippen LogP contribution in [-0.4, -0.2) is 42.0 Å². The van der Waals surface area contributed by atoms with Crippen LogP contribution in [0, 0.1) is 28.9 Å². The second-order valence-corrected chi connectivity index (χ2v) is 12.6. The van der Waals surface area contributed by atoms with Crippen LogP contribution in [0.15, 0.2) is 66.5 Å². The number of hydrogen-bond acceptors (Lipinski definition) is 5. The van der Waals surface area contributed by atoms with Gasteiger partial charge in [-0.3, -0.25) is 14.6 Å². The summed E-state index contributed by atoms with van der Waals surface area (Å²) in [5, 5.41) is 5.91. The predicted molar refractivity (Wildman–Crippen MR) is 167 cm³/mol. The monoisotopic (exact) mass is 595 g/mol. The summed E-state index contributed by atoms with van der Waals surface area (Å²) in [6.45, 7) is 8.78. The molecule has 0 saturated carbocycles. The van der Waals surface area contributed by atoms with E-state index in [-0.39, 0.29) is 48.1 Å². The minimum Gasteiger partial charge on any atom is -0.355 e. The van der Waals surface area contributed by atoms with Gasteiger partial charge in [0.2, 0.25) is 11.8 Å². The van der Waals surface area contributed by atoms with Crippen molar-refractivity contribution in [2.75, 3.05) is 13.1 Å². The highest BCUT2D eigenvalue weighted by Crippen LogP contribution is 2.33. The van der Waals surface area contributed by atoms with Gasteiger partial charge in [0.1, 0.15) is 11.6 Å². The molecule has 1 aromatic heterocycles. The summed E-state index contributed by atoms with van der Waals surface area (Å²) < 4.78 is 27.3. The number of rotatable bonds is 15. The normalized spacial score (nSPS) is 18.8. The topological polar surface area (TPSA) is 123 Å². The van der Waals surface area contributed by atoms with Crippen LogP contribution >= 0.6 is 0 Å². The highest BCUT2D eigenvalue weighted by Gasteiger charge is 2.29. The standard InChI is InChI=1S/C34H47F2N5O2/c1-5-7-29(31(38)15-23-9-11-28(22(2)14-23)24-8-6-13-39-19-24)33(43)41-21-34(3,4)20-40-32(42)18-27(37)17-25-16-26(35)10-12-30(25)36/h6,8-14,16,19,22,27-29,31H,5,7,15,17-18,20-21,37-38H2,1-4H3,(H,40,42)(H,41,43). The smallest absolute Gasteiger partial charge is 0.224 e. The third kappa shape index (κ3) is 10.7. The molecule has 1 aromatic carbocycles. The molecule has 9 heteroatoms. The highest BCUT2D eigenvalue weighted by atomic mass is 19.1. The first-order valence-electron chi connectivity index (χ1n) is 15.2. The minimum absolute atomic E-state index is 0.0300. The Morgan fingerprint density at radius 3 is 2.51 bits per heavy atom. The van der Waals surface area contributed by atoms with Gasteiger partial charge < -0.3 is 22.1 Å². The van der Waals surface area contributed by atoms with Gasteiger partial charge in [-0.2, -0.15) is 0 Å². The number of aromatic nitrogens is 1. The van der Waals surface area contributed by atoms with E-state index < -0.39 is 23.1 Å². The first-order chi connectivity index (χ1) is 20.4. The number of nitrogens with one attached hydrogen (secondary N) is 2. The molecule has 43 heavy (non-hydrogen) atoms. The number of pyridine rings is 1. The van der Waals surface area contributed by atoms with Crippen molar-refractivity contribution in [1.82, 2.24) is 15.6 Å². The van der Waals surface area contributed by atoms with E-state index in [0.29, 0.717) is 31.8 Å². The number of hydrogen-bond donors (Lipinski definition) is 4. The van der Waals surface area contributed by atoms with Crippen LogP contribution in [0.4, 0.5) is 8.78 Å². The molecule has 6 N–H and O–H groups in total. The van der Waals surface area contributed by atoms with E-state index in [1.807, 2.05) is 33.0 Å². The van der Waals surface area contributed by atoms with E-state index in [9.17, 15) is 18.4 Å². The van der Waals surface area contributed by atoms with Gasteiger partial charge >= 0.3 is 0 Å². The minimum atomic E-state index is -0.659. The molecule has 1 aliphatic rings. The summed E-state index contributed by atoms with van der Waals surface area (Å²) >= 11 is 0. The number of nitrogens with two attached hydrogens (primary N) is 2. The van der Waals surface area contributed by atoms with Gasteiger partial charge in [-0.05, 0) is 66.0 Å². The number of amides is 2. The molecule has 5 unspecified atom stereocenters. The molecule has 0 fully saturated rings. The summed E-state index contributed by atoms with van der Waals surface area (Å²) in [5.74, 6) is -1.26. The third-order valence-corrected chi connectivity index (χ3v) is 8.00. The molecule has 7 nitrogen and oxygen atoms in total. The van der Waals surface area contributed by atoms with Gasteiger partial charge in [0.15, 0.2) is 0 Å². The number of nitrogens with zero attached hydrogens (tertiary/aromatic N) is 1. The SMILES string of the molecule is CCCC(C(=O)NCC(C)(C)CNC(=O)CC(N)Cc1cc(F)ccc1F)C(N)CC1=CC(C)C(c2cccnc2)C=C1. The number of halogens is 2. The summed E-state index contributed by atoms with van der Waals surface area (Å²) in [6.07, 6.45) is 12.4. The Labute approximate surface area is 254 Å². The van der Waals surface area contributed by atoms with Crippen LogP contribution in [-0.2, 0) is 16.0 Å². The molecule has 0 aliphatic heterocycles. The Bertz CT molecular complexity index is 1280. The number of allylic oxidation sites excluding steroid dienone is 3. The van der Waals surface area contributed by atoms with Crippen molar-refractivity contribution in [2.45, 2.75) is 77.8 Å². The molecule has 3 rings (SSSR count). The zero-order valence-corrected chi connectivity index (χ0v) is 25.8. The molecular weight excluding hydrogens is 548 g/mol. The summed E-state index contributed by atoms with van der Waals surface area (Å²) in [6, 6.07) is 6.24. The van der Waals surface area contributed by atoms with E-state index in [2.05, 4.69) is 46.8 Å². The van der Waals surface area contributed by atoms with Crippen LogP contribution in [0.3, 0.4) is 0 Å². The summed E-state index contributed by atoms with van der Waals surface area (Å²) in [5.41, 5.74) is 14.7. The molecule has 0 spiro atoms. The van der Waals surface area contributed by atoms with Gasteiger partial charge in [-0.25, -0.2) is 8.78 Å².